The zero-order chi connectivity index (χ0) is 9.68. The van der Waals surface area contributed by atoms with Crippen LogP contribution in [0.25, 0.3) is 0 Å². The number of halogens is 1. The Balaban J connectivity index is 2.59. The van der Waals surface area contributed by atoms with Crippen LogP contribution in [0, 0.1) is 18.3 Å². The molecule has 0 bridgehead atoms. The van der Waals surface area contributed by atoms with E-state index < -0.39 is 0 Å². The molecular formula is C10H10ClNO. The fourth-order valence-corrected chi connectivity index (χ4v) is 1.04. The van der Waals surface area contributed by atoms with Crippen LogP contribution in [0.4, 0.5) is 0 Å². The zero-order valence-electron chi connectivity index (χ0n) is 7.38. The molecule has 0 radical (unpaired) electrons. The second kappa shape index (κ2) is 4.74. The highest BCUT2D eigenvalue weighted by Crippen LogP contribution is 2.20. The maximum atomic E-state index is 8.29. The number of aryl methyl sites for hydroxylation is 1. The maximum absolute atomic E-state index is 8.29. The van der Waals surface area contributed by atoms with Gasteiger partial charge in [0.25, 0.3) is 0 Å². The first-order valence-electron chi connectivity index (χ1n) is 4.00. The molecule has 2 nitrogen and oxygen atoms in total. The van der Waals surface area contributed by atoms with Gasteiger partial charge in [0.2, 0.25) is 0 Å². The second-order valence-corrected chi connectivity index (χ2v) is 3.07. The van der Waals surface area contributed by atoms with Crippen LogP contribution in [0.2, 0.25) is 5.02 Å². The summed E-state index contributed by atoms with van der Waals surface area (Å²) in [6.45, 7) is 2.34. The van der Waals surface area contributed by atoms with Crippen LogP contribution in [-0.2, 0) is 0 Å². The van der Waals surface area contributed by atoms with Crippen LogP contribution in [0.15, 0.2) is 18.2 Å². The van der Waals surface area contributed by atoms with Gasteiger partial charge in [0, 0.05) is 5.02 Å². The Hall–Kier alpha value is -1.20. The lowest BCUT2D eigenvalue weighted by atomic mass is 10.2. The fourth-order valence-electron chi connectivity index (χ4n) is 0.921. The van der Waals surface area contributed by atoms with Crippen LogP contribution in [-0.4, -0.2) is 6.61 Å². The molecule has 0 heterocycles. The molecule has 0 saturated heterocycles. The summed E-state index contributed by atoms with van der Waals surface area (Å²) in [5.41, 5.74) is 0.983. The maximum Gasteiger partial charge on any atom is 0.119 e. The minimum absolute atomic E-state index is 0.404. The van der Waals surface area contributed by atoms with E-state index in [1.54, 1.807) is 12.1 Å². The number of hydrogen-bond acceptors (Lipinski definition) is 2. The number of benzene rings is 1. The standard InChI is InChI=1S/C10H10ClNO/c1-8-7-9(3-4-10(8)11)13-6-2-5-12/h3-4,7H,2,6H2,1H3. The lowest BCUT2D eigenvalue weighted by Gasteiger charge is -2.05. The Kier molecular flexibility index (Phi) is 3.60. The highest BCUT2D eigenvalue weighted by Gasteiger charge is 1.97. The topological polar surface area (TPSA) is 33.0 Å². The van der Waals surface area contributed by atoms with Gasteiger partial charge in [0.05, 0.1) is 12.5 Å². The first kappa shape index (κ1) is 9.88. The van der Waals surface area contributed by atoms with E-state index in [1.807, 2.05) is 19.1 Å². The van der Waals surface area contributed by atoms with Crippen molar-refractivity contribution in [3.63, 3.8) is 0 Å². The van der Waals surface area contributed by atoms with Crippen LogP contribution >= 0.6 is 11.6 Å². The SMILES string of the molecule is Cc1cc(OCCC#N)ccc1Cl. The lowest BCUT2D eigenvalue weighted by Crippen LogP contribution is -1.95. The lowest BCUT2D eigenvalue weighted by molar-refractivity contribution is 0.326. The van der Waals surface area contributed by atoms with E-state index in [-0.39, 0.29) is 0 Å². The minimum Gasteiger partial charge on any atom is -0.493 e. The monoisotopic (exact) mass is 195 g/mol. The van der Waals surface area contributed by atoms with Crippen LogP contribution in [0.1, 0.15) is 12.0 Å². The molecule has 0 aliphatic heterocycles. The first-order valence-corrected chi connectivity index (χ1v) is 4.37. The van der Waals surface area contributed by atoms with Gasteiger partial charge in [-0.25, -0.2) is 0 Å². The normalized spacial score (nSPS) is 9.31. The van der Waals surface area contributed by atoms with Crippen molar-refractivity contribution >= 4 is 11.6 Å². The largest absolute Gasteiger partial charge is 0.493 e. The zero-order valence-corrected chi connectivity index (χ0v) is 8.14. The molecule has 0 fully saturated rings. The average molecular weight is 196 g/mol. The van der Waals surface area contributed by atoms with Gasteiger partial charge >= 0.3 is 0 Å². The summed E-state index contributed by atoms with van der Waals surface area (Å²) in [4.78, 5) is 0. The number of nitrogens with zero attached hydrogens (tertiary/aromatic N) is 1. The molecule has 0 amide bonds. The number of ether oxygens (including phenoxy) is 1. The molecule has 13 heavy (non-hydrogen) atoms. The van der Waals surface area contributed by atoms with Gasteiger partial charge in [-0.3, -0.25) is 0 Å². The van der Waals surface area contributed by atoms with E-state index in [1.165, 1.54) is 0 Å². The summed E-state index contributed by atoms with van der Waals surface area (Å²) in [5.74, 6) is 0.761. The van der Waals surface area contributed by atoms with E-state index in [4.69, 9.17) is 21.6 Å². The molecule has 68 valence electrons. The Labute approximate surface area is 82.7 Å². The summed E-state index contributed by atoms with van der Waals surface area (Å²) in [7, 11) is 0. The predicted molar refractivity (Wildman–Crippen MR) is 51.9 cm³/mol. The van der Waals surface area contributed by atoms with Crippen molar-refractivity contribution in [2.24, 2.45) is 0 Å². The van der Waals surface area contributed by atoms with Gasteiger partial charge in [0.15, 0.2) is 0 Å². The van der Waals surface area contributed by atoms with Crippen molar-refractivity contribution in [2.45, 2.75) is 13.3 Å². The molecule has 3 heteroatoms. The molecule has 0 saturated carbocycles. The molecule has 0 unspecified atom stereocenters. The van der Waals surface area contributed by atoms with Gasteiger partial charge in [-0.05, 0) is 30.7 Å². The summed E-state index contributed by atoms with van der Waals surface area (Å²) in [6.07, 6.45) is 0.404. The smallest absolute Gasteiger partial charge is 0.119 e. The summed E-state index contributed by atoms with van der Waals surface area (Å²) in [6, 6.07) is 7.46. The van der Waals surface area contributed by atoms with Crippen LogP contribution in [0.5, 0.6) is 5.75 Å². The Morgan fingerprint density at radius 3 is 2.92 bits per heavy atom. The molecule has 0 aromatic heterocycles. The second-order valence-electron chi connectivity index (χ2n) is 2.67. The quantitative estimate of drug-likeness (QED) is 0.695. The summed E-state index contributed by atoms with van der Waals surface area (Å²) in [5, 5.41) is 9.02. The summed E-state index contributed by atoms with van der Waals surface area (Å²) < 4.78 is 5.30. The molecule has 0 aliphatic rings. The van der Waals surface area contributed by atoms with Gasteiger partial charge < -0.3 is 4.74 Å². The summed E-state index contributed by atoms with van der Waals surface area (Å²) >= 11 is 5.83. The third-order valence-corrected chi connectivity index (χ3v) is 2.04. The molecule has 0 atom stereocenters. The van der Waals surface area contributed by atoms with Gasteiger partial charge in [-0.1, -0.05) is 11.6 Å². The van der Waals surface area contributed by atoms with Crippen molar-refractivity contribution in [2.75, 3.05) is 6.61 Å². The molecular weight excluding hydrogens is 186 g/mol. The number of rotatable bonds is 3. The van der Waals surface area contributed by atoms with Crippen molar-refractivity contribution in [3.05, 3.63) is 28.8 Å². The predicted octanol–water partition coefficient (Wildman–Crippen LogP) is 2.94. The van der Waals surface area contributed by atoms with Gasteiger partial charge in [-0.15, -0.1) is 0 Å². The Morgan fingerprint density at radius 2 is 2.31 bits per heavy atom. The molecule has 1 aromatic carbocycles. The van der Waals surface area contributed by atoms with E-state index in [9.17, 15) is 0 Å². The minimum atomic E-state index is 0.404. The highest BCUT2D eigenvalue weighted by molar-refractivity contribution is 6.31. The highest BCUT2D eigenvalue weighted by atomic mass is 35.5. The van der Waals surface area contributed by atoms with E-state index in [0.717, 1.165) is 16.3 Å². The third-order valence-electron chi connectivity index (χ3n) is 1.61. The van der Waals surface area contributed by atoms with Crippen molar-refractivity contribution in [3.8, 4) is 11.8 Å². The Bertz CT molecular complexity index is 330. The van der Waals surface area contributed by atoms with Crippen LogP contribution < -0.4 is 4.74 Å². The fraction of sp³-hybridized carbons (Fsp3) is 0.300. The van der Waals surface area contributed by atoms with E-state index in [0.29, 0.717) is 13.0 Å². The van der Waals surface area contributed by atoms with E-state index in [2.05, 4.69) is 0 Å². The van der Waals surface area contributed by atoms with Crippen LogP contribution in [0.3, 0.4) is 0 Å². The van der Waals surface area contributed by atoms with Gasteiger partial charge in [0.1, 0.15) is 12.4 Å². The molecule has 0 N–H and O–H groups in total. The number of hydrogen-bond donors (Lipinski definition) is 0. The van der Waals surface area contributed by atoms with E-state index >= 15 is 0 Å². The van der Waals surface area contributed by atoms with Crippen molar-refractivity contribution in [1.82, 2.24) is 0 Å². The molecule has 1 aromatic rings. The molecule has 1 rings (SSSR count). The number of nitriles is 1. The third kappa shape index (κ3) is 2.96. The van der Waals surface area contributed by atoms with Gasteiger partial charge in [-0.2, -0.15) is 5.26 Å². The van der Waals surface area contributed by atoms with Crippen molar-refractivity contribution in [1.29, 1.82) is 5.26 Å². The molecule has 0 aliphatic carbocycles. The molecule has 0 spiro atoms. The Morgan fingerprint density at radius 1 is 1.54 bits per heavy atom. The first-order chi connectivity index (χ1) is 6.24. The average Bonchev–Trinajstić information content (AvgIpc) is 2.12. The van der Waals surface area contributed by atoms with Crippen molar-refractivity contribution < 1.29 is 4.74 Å².